The first-order valence-corrected chi connectivity index (χ1v) is 10.9. The molecule has 0 radical (unpaired) electrons. The molecule has 1 atom stereocenters. The van der Waals surface area contributed by atoms with E-state index in [0.717, 1.165) is 40.6 Å². The monoisotopic (exact) mass is 430 g/mol. The number of aromatic hydroxyl groups is 1. The maximum Gasteiger partial charge on any atom is 0.339 e. The largest absolute Gasteiger partial charge is 0.508 e. The summed E-state index contributed by atoms with van der Waals surface area (Å²) in [5.41, 5.74) is 4.80. The third-order valence-corrected chi connectivity index (χ3v) is 5.58. The van der Waals surface area contributed by atoms with Gasteiger partial charge in [0.2, 0.25) is 0 Å². The Morgan fingerprint density at radius 3 is 2.66 bits per heavy atom. The number of carbonyl (C=O) groups is 2. The van der Waals surface area contributed by atoms with E-state index in [9.17, 15) is 14.7 Å². The van der Waals surface area contributed by atoms with Crippen LogP contribution in [0.4, 0.5) is 0 Å². The van der Waals surface area contributed by atoms with E-state index in [1.54, 1.807) is 19.1 Å². The van der Waals surface area contributed by atoms with E-state index >= 15 is 0 Å². The molecule has 0 aliphatic heterocycles. The summed E-state index contributed by atoms with van der Waals surface area (Å²) in [5, 5.41) is 13.0. The Morgan fingerprint density at radius 1 is 1.16 bits per heavy atom. The Bertz CT molecular complexity index is 1200. The zero-order valence-corrected chi connectivity index (χ0v) is 18.2. The molecule has 3 aromatic rings. The maximum absolute atomic E-state index is 13.2. The van der Waals surface area contributed by atoms with Gasteiger partial charge >= 0.3 is 5.97 Å². The molecule has 0 fully saturated rings. The summed E-state index contributed by atoms with van der Waals surface area (Å²) >= 11 is 0. The van der Waals surface area contributed by atoms with Gasteiger partial charge in [0.05, 0.1) is 16.8 Å². The standard InChI is InChI=1S/C26H26N2O4/c1-3-14-27-25(30)16(2)32-26(31)23-20-6-4-5-7-22(20)28-24-18(10-13-21(23)24)15-17-8-11-19(29)12-9-17/h4-9,11-12,15-16,29H,3,10,13-14H2,1-2H3,(H,27,30)/b18-15+. The summed E-state index contributed by atoms with van der Waals surface area (Å²) in [6, 6.07) is 14.5. The number of hydrogen-bond donors (Lipinski definition) is 2. The van der Waals surface area contributed by atoms with E-state index in [4.69, 9.17) is 9.72 Å². The van der Waals surface area contributed by atoms with Crippen LogP contribution < -0.4 is 5.32 Å². The van der Waals surface area contributed by atoms with Crippen molar-refractivity contribution in [1.29, 1.82) is 0 Å². The smallest absolute Gasteiger partial charge is 0.339 e. The van der Waals surface area contributed by atoms with Crippen molar-refractivity contribution < 1.29 is 19.4 Å². The highest BCUT2D eigenvalue weighted by Crippen LogP contribution is 2.38. The highest BCUT2D eigenvalue weighted by atomic mass is 16.5. The lowest BCUT2D eigenvalue weighted by Gasteiger charge is -2.16. The molecule has 1 aliphatic carbocycles. The van der Waals surface area contributed by atoms with Gasteiger partial charge in [-0.1, -0.05) is 37.3 Å². The van der Waals surface area contributed by atoms with Crippen molar-refractivity contribution in [2.45, 2.75) is 39.2 Å². The van der Waals surface area contributed by atoms with Gasteiger partial charge in [-0.15, -0.1) is 0 Å². The van der Waals surface area contributed by atoms with Crippen LogP contribution in [0.15, 0.2) is 48.5 Å². The van der Waals surface area contributed by atoms with Crippen LogP contribution in [0.5, 0.6) is 5.75 Å². The lowest BCUT2D eigenvalue weighted by atomic mass is 10.0. The number of esters is 1. The summed E-state index contributed by atoms with van der Waals surface area (Å²) in [7, 11) is 0. The van der Waals surface area contributed by atoms with Gasteiger partial charge in [0.25, 0.3) is 5.91 Å². The van der Waals surface area contributed by atoms with Crippen LogP contribution >= 0.6 is 0 Å². The molecule has 6 heteroatoms. The molecule has 1 heterocycles. The molecule has 4 rings (SSSR count). The average molecular weight is 431 g/mol. The molecule has 0 spiro atoms. The first-order chi connectivity index (χ1) is 15.5. The van der Waals surface area contributed by atoms with E-state index in [2.05, 4.69) is 5.32 Å². The zero-order valence-electron chi connectivity index (χ0n) is 18.2. The lowest BCUT2D eigenvalue weighted by Crippen LogP contribution is -2.36. The number of rotatable bonds is 6. The van der Waals surface area contributed by atoms with Crippen molar-refractivity contribution in [2.24, 2.45) is 0 Å². The number of para-hydroxylation sites is 1. The van der Waals surface area contributed by atoms with Gasteiger partial charge in [-0.05, 0) is 67.2 Å². The number of nitrogens with one attached hydrogen (secondary N) is 1. The number of nitrogens with zero attached hydrogens (tertiary/aromatic N) is 1. The number of fused-ring (bicyclic) bond motifs is 2. The van der Waals surface area contributed by atoms with Crippen LogP contribution in [0.25, 0.3) is 22.6 Å². The first kappa shape index (κ1) is 21.6. The topological polar surface area (TPSA) is 88.5 Å². The van der Waals surface area contributed by atoms with Gasteiger partial charge in [0.1, 0.15) is 5.75 Å². The van der Waals surface area contributed by atoms with Gasteiger partial charge in [0, 0.05) is 11.9 Å². The highest BCUT2D eigenvalue weighted by Gasteiger charge is 2.29. The van der Waals surface area contributed by atoms with Crippen LogP contribution in [0.3, 0.4) is 0 Å². The summed E-state index contributed by atoms with van der Waals surface area (Å²) in [4.78, 5) is 30.3. The molecular formula is C26H26N2O4. The fraction of sp³-hybridized carbons (Fsp3) is 0.269. The average Bonchev–Trinajstić information content (AvgIpc) is 3.19. The molecule has 1 unspecified atom stereocenters. The fourth-order valence-corrected chi connectivity index (χ4v) is 3.95. The molecule has 0 bridgehead atoms. The van der Waals surface area contributed by atoms with E-state index in [0.29, 0.717) is 24.0 Å². The summed E-state index contributed by atoms with van der Waals surface area (Å²) in [6.07, 6.45) is 3.36. The number of amides is 1. The van der Waals surface area contributed by atoms with Crippen LogP contribution in [0.2, 0.25) is 0 Å². The Hall–Kier alpha value is -3.67. The Kier molecular flexibility index (Phi) is 6.21. The van der Waals surface area contributed by atoms with Crippen LogP contribution in [0, 0.1) is 0 Å². The summed E-state index contributed by atoms with van der Waals surface area (Å²) < 4.78 is 5.57. The second kappa shape index (κ2) is 9.22. The van der Waals surface area contributed by atoms with Gasteiger partial charge in [-0.3, -0.25) is 4.79 Å². The minimum Gasteiger partial charge on any atom is -0.508 e. The van der Waals surface area contributed by atoms with Crippen LogP contribution in [-0.4, -0.2) is 34.6 Å². The van der Waals surface area contributed by atoms with Crippen molar-refractivity contribution in [3.05, 3.63) is 70.9 Å². The normalized spacial score (nSPS) is 14.9. The Balaban J connectivity index is 1.73. The highest BCUT2D eigenvalue weighted by molar-refractivity contribution is 6.07. The molecular weight excluding hydrogens is 404 g/mol. The predicted molar refractivity (Wildman–Crippen MR) is 124 cm³/mol. The summed E-state index contributed by atoms with van der Waals surface area (Å²) in [6.45, 7) is 4.09. The first-order valence-electron chi connectivity index (χ1n) is 10.9. The van der Waals surface area contributed by atoms with E-state index in [1.165, 1.54) is 0 Å². The van der Waals surface area contributed by atoms with Crippen molar-refractivity contribution in [3.8, 4) is 5.75 Å². The fourth-order valence-electron chi connectivity index (χ4n) is 3.95. The number of phenols is 1. The van der Waals surface area contributed by atoms with E-state index in [1.807, 2.05) is 49.4 Å². The van der Waals surface area contributed by atoms with E-state index < -0.39 is 12.1 Å². The Morgan fingerprint density at radius 2 is 1.91 bits per heavy atom. The number of carbonyl (C=O) groups excluding carboxylic acids is 2. The molecule has 2 N–H and O–H groups in total. The second-order valence-corrected chi connectivity index (χ2v) is 7.93. The maximum atomic E-state index is 13.2. The number of pyridine rings is 1. The van der Waals surface area contributed by atoms with E-state index in [-0.39, 0.29) is 11.7 Å². The number of aromatic nitrogens is 1. The number of ether oxygens (including phenoxy) is 1. The lowest BCUT2D eigenvalue weighted by molar-refractivity contribution is -0.129. The van der Waals surface area contributed by atoms with Gasteiger partial charge in [-0.2, -0.15) is 0 Å². The Labute approximate surface area is 186 Å². The van der Waals surface area contributed by atoms with Crippen molar-refractivity contribution in [1.82, 2.24) is 10.3 Å². The minimum absolute atomic E-state index is 0.213. The minimum atomic E-state index is -0.884. The van der Waals surface area contributed by atoms with Crippen molar-refractivity contribution in [3.63, 3.8) is 0 Å². The molecule has 32 heavy (non-hydrogen) atoms. The molecule has 6 nitrogen and oxygen atoms in total. The third-order valence-electron chi connectivity index (χ3n) is 5.58. The molecule has 0 saturated heterocycles. The molecule has 2 aromatic carbocycles. The molecule has 164 valence electrons. The molecule has 1 amide bonds. The predicted octanol–water partition coefficient (Wildman–Crippen LogP) is 4.50. The number of benzene rings is 2. The summed E-state index contributed by atoms with van der Waals surface area (Å²) in [5.74, 6) is -0.599. The SMILES string of the molecule is CCCNC(=O)C(C)OC(=O)c1c2c(nc3ccccc13)/C(=C/c1ccc(O)cc1)CC2. The van der Waals surface area contributed by atoms with Crippen molar-refractivity contribution in [2.75, 3.05) is 6.54 Å². The molecule has 1 aliphatic rings. The van der Waals surface area contributed by atoms with Crippen LogP contribution in [0.1, 0.15) is 53.9 Å². The number of hydrogen-bond acceptors (Lipinski definition) is 5. The zero-order chi connectivity index (χ0) is 22.7. The number of phenolic OH excluding ortho intramolecular Hbond substituents is 1. The van der Waals surface area contributed by atoms with Gasteiger partial charge < -0.3 is 15.2 Å². The molecule has 0 saturated carbocycles. The molecule has 1 aromatic heterocycles. The van der Waals surface area contributed by atoms with Crippen molar-refractivity contribution >= 4 is 34.4 Å². The number of allylic oxidation sites excluding steroid dienone is 1. The van der Waals surface area contributed by atoms with Crippen LogP contribution in [-0.2, 0) is 16.0 Å². The van der Waals surface area contributed by atoms with Gasteiger partial charge in [-0.25, -0.2) is 9.78 Å². The second-order valence-electron chi connectivity index (χ2n) is 7.93. The third kappa shape index (κ3) is 4.35. The van der Waals surface area contributed by atoms with Gasteiger partial charge in [0.15, 0.2) is 6.10 Å². The quantitative estimate of drug-likeness (QED) is 0.562.